The van der Waals surface area contributed by atoms with Crippen molar-refractivity contribution in [2.24, 2.45) is 5.92 Å². The molecular weight excluding hydrogens is 268 g/mol. The molecule has 3 rings (SSSR count). The van der Waals surface area contributed by atoms with E-state index in [-0.39, 0.29) is 11.8 Å². The molecule has 2 aliphatic heterocycles. The normalized spacial score (nSPS) is 25.2. The van der Waals surface area contributed by atoms with Gasteiger partial charge in [-0.15, -0.1) is 0 Å². The number of nitrogens with one attached hydrogen (secondary N) is 1. The van der Waals surface area contributed by atoms with Crippen LogP contribution in [-0.4, -0.2) is 41.0 Å². The molecule has 0 aromatic heterocycles. The Labute approximate surface area is 123 Å². The summed E-state index contributed by atoms with van der Waals surface area (Å²) in [5, 5.41) is 12.7. The number of hydrogen-bond donors (Lipinski definition) is 2. The summed E-state index contributed by atoms with van der Waals surface area (Å²) in [6, 6.07) is 7.04. The molecule has 2 aliphatic rings. The number of carboxylic acids is 1. The van der Waals surface area contributed by atoms with Crippen LogP contribution in [0.25, 0.3) is 0 Å². The molecule has 1 fully saturated rings. The van der Waals surface area contributed by atoms with Gasteiger partial charge in [0.05, 0.1) is 5.92 Å². The molecule has 0 bridgehead atoms. The van der Waals surface area contributed by atoms with Gasteiger partial charge in [-0.2, -0.15) is 0 Å². The maximum absolute atomic E-state index is 12.7. The monoisotopic (exact) mass is 288 g/mol. The van der Waals surface area contributed by atoms with Crippen molar-refractivity contribution in [3.63, 3.8) is 0 Å². The molecule has 21 heavy (non-hydrogen) atoms. The number of benzene rings is 1. The van der Waals surface area contributed by atoms with E-state index in [9.17, 15) is 14.7 Å². The van der Waals surface area contributed by atoms with Gasteiger partial charge in [-0.3, -0.25) is 4.79 Å². The van der Waals surface area contributed by atoms with E-state index in [1.807, 2.05) is 24.3 Å². The van der Waals surface area contributed by atoms with Crippen LogP contribution in [0, 0.1) is 5.92 Å². The topological polar surface area (TPSA) is 69.6 Å². The predicted molar refractivity (Wildman–Crippen MR) is 77.7 cm³/mol. The van der Waals surface area contributed by atoms with Gasteiger partial charge in [-0.05, 0) is 30.5 Å². The van der Waals surface area contributed by atoms with Gasteiger partial charge in [0.15, 0.2) is 0 Å². The molecular formula is C16H20N2O3. The van der Waals surface area contributed by atoms with Crippen LogP contribution in [0.2, 0.25) is 0 Å². The molecule has 0 spiro atoms. The van der Waals surface area contributed by atoms with E-state index in [1.54, 1.807) is 4.90 Å². The molecule has 0 radical (unpaired) electrons. The largest absolute Gasteiger partial charge is 0.480 e. The number of carbonyl (C=O) groups is 2. The van der Waals surface area contributed by atoms with Crippen molar-refractivity contribution in [3.05, 3.63) is 35.4 Å². The number of carbonyl (C=O) groups excluding carboxylic acids is 1. The minimum Gasteiger partial charge on any atom is -0.480 e. The maximum Gasteiger partial charge on any atom is 0.326 e. The first kappa shape index (κ1) is 14.1. The van der Waals surface area contributed by atoms with Gasteiger partial charge in [0.2, 0.25) is 5.91 Å². The number of rotatable bonds is 2. The van der Waals surface area contributed by atoms with Crippen molar-refractivity contribution in [2.45, 2.75) is 31.8 Å². The highest BCUT2D eigenvalue weighted by atomic mass is 16.4. The number of fused-ring (bicyclic) bond motifs is 1. The van der Waals surface area contributed by atoms with Crippen molar-refractivity contribution in [2.75, 3.05) is 13.1 Å². The van der Waals surface area contributed by atoms with Crippen molar-refractivity contribution in [1.29, 1.82) is 0 Å². The average molecular weight is 288 g/mol. The maximum atomic E-state index is 12.7. The molecule has 0 saturated carbocycles. The Hall–Kier alpha value is -1.88. The minimum absolute atomic E-state index is 0.0240. The highest BCUT2D eigenvalue weighted by Crippen LogP contribution is 2.26. The fraction of sp³-hybridized carbons (Fsp3) is 0.500. The average Bonchev–Trinajstić information content (AvgIpc) is 2.53. The highest BCUT2D eigenvalue weighted by Gasteiger charge is 2.37. The van der Waals surface area contributed by atoms with Gasteiger partial charge >= 0.3 is 5.97 Å². The van der Waals surface area contributed by atoms with E-state index in [1.165, 1.54) is 0 Å². The van der Waals surface area contributed by atoms with Crippen molar-refractivity contribution < 1.29 is 14.7 Å². The van der Waals surface area contributed by atoms with Crippen molar-refractivity contribution in [3.8, 4) is 0 Å². The Kier molecular flexibility index (Phi) is 3.92. The quantitative estimate of drug-likeness (QED) is 0.852. The van der Waals surface area contributed by atoms with E-state index >= 15 is 0 Å². The Morgan fingerprint density at radius 2 is 2.00 bits per heavy atom. The van der Waals surface area contributed by atoms with Crippen LogP contribution in [0.5, 0.6) is 0 Å². The third kappa shape index (κ3) is 2.78. The molecule has 1 saturated heterocycles. The lowest BCUT2D eigenvalue weighted by molar-refractivity contribution is -0.153. The number of carboxylic acid groups (broad SMARTS) is 1. The first-order chi connectivity index (χ1) is 10.2. The third-order valence-corrected chi connectivity index (χ3v) is 4.46. The molecule has 5 heteroatoms. The highest BCUT2D eigenvalue weighted by molar-refractivity contribution is 5.86. The van der Waals surface area contributed by atoms with Crippen LogP contribution >= 0.6 is 0 Å². The van der Waals surface area contributed by atoms with Gasteiger partial charge in [0, 0.05) is 19.5 Å². The zero-order valence-corrected chi connectivity index (χ0v) is 11.9. The van der Waals surface area contributed by atoms with E-state index in [4.69, 9.17) is 0 Å². The second-order valence-electron chi connectivity index (χ2n) is 5.84. The molecule has 0 aliphatic carbocycles. The number of nitrogens with zero attached hydrogens (tertiary/aromatic N) is 1. The summed E-state index contributed by atoms with van der Waals surface area (Å²) >= 11 is 0. The van der Waals surface area contributed by atoms with Crippen molar-refractivity contribution in [1.82, 2.24) is 10.2 Å². The second-order valence-corrected chi connectivity index (χ2v) is 5.84. The minimum atomic E-state index is -0.915. The summed E-state index contributed by atoms with van der Waals surface area (Å²) in [7, 11) is 0. The zero-order chi connectivity index (χ0) is 14.8. The van der Waals surface area contributed by atoms with Crippen LogP contribution in [0.15, 0.2) is 24.3 Å². The Morgan fingerprint density at radius 3 is 2.67 bits per heavy atom. The summed E-state index contributed by atoms with van der Waals surface area (Å²) in [6.07, 6.45) is 2.21. The Balaban J connectivity index is 1.85. The van der Waals surface area contributed by atoms with Crippen LogP contribution in [0.1, 0.15) is 24.0 Å². The summed E-state index contributed by atoms with van der Waals surface area (Å²) in [5.74, 6) is -1.03. The van der Waals surface area contributed by atoms with Gasteiger partial charge in [0.25, 0.3) is 0 Å². The van der Waals surface area contributed by atoms with E-state index in [0.717, 1.165) is 30.5 Å². The summed E-state index contributed by atoms with van der Waals surface area (Å²) in [6.45, 7) is 2.00. The number of hydrogen-bond acceptors (Lipinski definition) is 3. The molecule has 2 N–H and O–H groups in total. The molecule has 2 heterocycles. The lowest BCUT2D eigenvalue weighted by atomic mass is 9.91. The van der Waals surface area contributed by atoms with E-state index in [2.05, 4.69) is 5.32 Å². The standard InChI is InChI=1S/C16H20N2O3/c19-15(12-6-3-7-17-9-12)18-10-13-5-2-1-4-11(13)8-14(18)16(20)21/h1-2,4-5,12,14,17H,3,6-10H2,(H,20,21)/t12-,14+/m0/s1. The van der Waals surface area contributed by atoms with Gasteiger partial charge in [0.1, 0.15) is 6.04 Å². The number of piperidine rings is 1. The Bertz CT molecular complexity index is 552. The van der Waals surface area contributed by atoms with Crippen LogP contribution in [-0.2, 0) is 22.6 Å². The van der Waals surface area contributed by atoms with Gasteiger partial charge in [-0.25, -0.2) is 4.79 Å². The van der Waals surface area contributed by atoms with Crippen LogP contribution in [0.4, 0.5) is 0 Å². The lowest BCUT2D eigenvalue weighted by Crippen LogP contribution is -2.52. The second kappa shape index (κ2) is 5.85. The van der Waals surface area contributed by atoms with Gasteiger partial charge < -0.3 is 15.3 Å². The molecule has 112 valence electrons. The van der Waals surface area contributed by atoms with Gasteiger partial charge in [-0.1, -0.05) is 24.3 Å². The van der Waals surface area contributed by atoms with Crippen LogP contribution in [0.3, 0.4) is 0 Å². The molecule has 5 nitrogen and oxygen atoms in total. The predicted octanol–water partition coefficient (Wildman–Crippen LogP) is 1.02. The van der Waals surface area contributed by atoms with E-state index < -0.39 is 12.0 Å². The third-order valence-electron chi connectivity index (χ3n) is 4.46. The summed E-state index contributed by atoms with van der Waals surface area (Å²) in [4.78, 5) is 25.8. The van der Waals surface area contributed by atoms with Crippen molar-refractivity contribution >= 4 is 11.9 Å². The summed E-state index contributed by atoms with van der Waals surface area (Å²) in [5.41, 5.74) is 2.10. The molecule has 0 unspecified atom stereocenters. The first-order valence-electron chi connectivity index (χ1n) is 7.47. The van der Waals surface area contributed by atoms with E-state index in [0.29, 0.717) is 19.5 Å². The molecule has 1 amide bonds. The summed E-state index contributed by atoms with van der Waals surface area (Å²) < 4.78 is 0. The first-order valence-corrected chi connectivity index (χ1v) is 7.47. The molecule has 1 aromatic carbocycles. The fourth-order valence-corrected chi connectivity index (χ4v) is 3.27. The fourth-order valence-electron chi connectivity index (χ4n) is 3.27. The smallest absolute Gasteiger partial charge is 0.326 e. The zero-order valence-electron chi connectivity index (χ0n) is 11.9. The number of aliphatic carboxylic acids is 1. The Morgan fingerprint density at radius 1 is 1.24 bits per heavy atom. The molecule has 2 atom stereocenters. The lowest BCUT2D eigenvalue weighted by Gasteiger charge is -2.37. The number of amides is 1. The molecule has 1 aromatic rings. The SMILES string of the molecule is O=C(O)[C@H]1Cc2ccccc2CN1C(=O)[C@H]1CCCNC1. The van der Waals surface area contributed by atoms with Crippen LogP contribution < -0.4 is 5.32 Å².